The molecule has 0 amide bonds. The van der Waals surface area contributed by atoms with Crippen LogP contribution in [0.5, 0.6) is 0 Å². The number of allylic oxidation sites excluding steroid dienone is 2. The summed E-state index contributed by atoms with van der Waals surface area (Å²) in [4.78, 5) is 11.3. The van der Waals surface area contributed by atoms with E-state index in [1.54, 1.807) is 20.8 Å². The van der Waals surface area contributed by atoms with Gasteiger partial charge in [-0.3, -0.25) is 13.8 Å². The van der Waals surface area contributed by atoms with Gasteiger partial charge in [-0.25, -0.2) is 4.57 Å². The largest absolute Gasteiger partial charge is 0.529 e. The number of hydrogen-bond acceptors (Lipinski definition) is 5. The lowest BCUT2D eigenvalue weighted by atomic mass is 10.2. The predicted molar refractivity (Wildman–Crippen MR) is 58.9 cm³/mol. The maximum Gasteiger partial charge on any atom is 0.529 e. The van der Waals surface area contributed by atoms with Crippen LogP contribution in [-0.4, -0.2) is 19.0 Å². The van der Waals surface area contributed by atoms with Crippen molar-refractivity contribution in [3.05, 3.63) is 11.3 Å². The van der Waals surface area contributed by atoms with Crippen LogP contribution in [0.1, 0.15) is 33.6 Å². The Balaban J connectivity index is 2.76. The molecule has 0 aromatic carbocycles. The highest BCUT2D eigenvalue weighted by atomic mass is 31.2. The van der Waals surface area contributed by atoms with Crippen LogP contribution in [0, 0.1) is 0 Å². The Morgan fingerprint density at radius 2 is 1.75 bits per heavy atom. The van der Waals surface area contributed by atoms with Crippen LogP contribution in [0.4, 0.5) is 0 Å². The van der Waals surface area contributed by atoms with Crippen molar-refractivity contribution in [2.75, 3.05) is 13.2 Å². The average molecular weight is 248 g/mol. The summed E-state index contributed by atoms with van der Waals surface area (Å²) in [7, 11) is -3.54. The number of hydrogen-bond donors (Lipinski definition) is 0. The second kappa shape index (κ2) is 5.62. The third-order valence-electron chi connectivity index (χ3n) is 2.21. The van der Waals surface area contributed by atoms with Crippen LogP contribution in [0.25, 0.3) is 0 Å². The fraction of sp³-hybridized carbons (Fsp3) is 0.700. The molecular formula is C10H17O5P. The van der Waals surface area contributed by atoms with Crippen molar-refractivity contribution in [3.8, 4) is 0 Å². The van der Waals surface area contributed by atoms with Crippen molar-refractivity contribution in [3.63, 3.8) is 0 Å². The van der Waals surface area contributed by atoms with Gasteiger partial charge in [0, 0.05) is 18.4 Å². The molecule has 0 saturated heterocycles. The molecule has 5 nitrogen and oxygen atoms in total. The van der Waals surface area contributed by atoms with Crippen LogP contribution in [0.3, 0.4) is 0 Å². The molecule has 1 aliphatic carbocycles. The molecule has 1 aliphatic rings. The van der Waals surface area contributed by atoms with Gasteiger partial charge in [-0.2, -0.15) is 0 Å². The van der Waals surface area contributed by atoms with Crippen molar-refractivity contribution >= 4 is 13.6 Å². The fourth-order valence-corrected chi connectivity index (χ4v) is 2.72. The summed E-state index contributed by atoms with van der Waals surface area (Å²) < 4.78 is 27.2. The standard InChI is InChI=1S/C10H17O5P/c1-4-13-16(12,14-5-2)15-10-7-6-9(11)8(10)3/h4-7H2,1-3H3. The van der Waals surface area contributed by atoms with Gasteiger partial charge in [0.15, 0.2) is 5.78 Å². The van der Waals surface area contributed by atoms with E-state index < -0.39 is 7.82 Å². The molecule has 0 bridgehead atoms. The third kappa shape index (κ3) is 3.17. The van der Waals surface area contributed by atoms with Crippen molar-refractivity contribution in [2.45, 2.75) is 33.6 Å². The molecule has 0 spiro atoms. The number of carbonyl (C=O) groups excluding carboxylic acids is 1. The minimum absolute atomic E-state index is 0.0227. The molecule has 0 atom stereocenters. The van der Waals surface area contributed by atoms with E-state index in [-0.39, 0.29) is 19.0 Å². The predicted octanol–water partition coefficient (Wildman–Crippen LogP) is 2.82. The molecule has 0 fully saturated rings. The van der Waals surface area contributed by atoms with Crippen molar-refractivity contribution in [1.82, 2.24) is 0 Å². The van der Waals surface area contributed by atoms with Gasteiger partial charge in [0.25, 0.3) is 0 Å². The molecule has 0 aliphatic heterocycles. The normalized spacial score (nSPS) is 17.1. The number of phosphoric ester groups is 1. The lowest BCUT2D eigenvalue weighted by molar-refractivity contribution is -0.114. The first-order chi connectivity index (χ1) is 7.52. The Hall–Kier alpha value is -0.640. The Bertz CT molecular complexity index is 337. The SMILES string of the molecule is CCOP(=O)(OCC)OC1=C(C)C(=O)CC1. The average Bonchev–Trinajstić information content (AvgIpc) is 2.50. The van der Waals surface area contributed by atoms with E-state index in [1.165, 1.54) is 0 Å². The van der Waals surface area contributed by atoms with Crippen LogP contribution in [0.15, 0.2) is 11.3 Å². The molecule has 0 heterocycles. The molecule has 0 unspecified atom stereocenters. The molecule has 92 valence electrons. The highest BCUT2D eigenvalue weighted by molar-refractivity contribution is 7.48. The van der Waals surface area contributed by atoms with E-state index >= 15 is 0 Å². The van der Waals surface area contributed by atoms with Crippen LogP contribution in [-0.2, 0) is 22.9 Å². The number of carbonyl (C=O) groups is 1. The molecule has 6 heteroatoms. The van der Waals surface area contributed by atoms with Gasteiger partial charge in [0.05, 0.1) is 13.2 Å². The summed E-state index contributed by atoms with van der Waals surface area (Å²) in [5.74, 6) is 0.449. The van der Waals surface area contributed by atoms with E-state index in [0.717, 1.165) is 0 Å². The molecule has 0 N–H and O–H groups in total. The summed E-state index contributed by atoms with van der Waals surface area (Å²) in [6.07, 6.45) is 0.869. The summed E-state index contributed by atoms with van der Waals surface area (Å²) in [5.41, 5.74) is 0.514. The van der Waals surface area contributed by atoms with Gasteiger partial charge in [-0.05, 0) is 20.8 Å². The topological polar surface area (TPSA) is 61.8 Å². The second-order valence-electron chi connectivity index (χ2n) is 3.35. The number of ketones is 1. The van der Waals surface area contributed by atoms with Crippen LogP contribution < -0.4 is 0 Å². The van der Waals surface area contributed by atoms with Crippen LogP contribution in [0.2, 0.25) is 0 Å². The van der Waals surface area contributed by atoms with Crippen molar-refractivity contribution < 1.29 is 22.9 Å². The van der Waals surface area contributed by atoms with E-state index in [1.807, 2.05) is 0 Å². The summed E-state index contributed by atoms with van der Waals surface area (Å²) in [5, 5.41) is 0. The van der Waals surface area contributed by atoms with E-state index in [2.05, 4.69) is 0 Å². The first-order valence-electron chi connectivity index (χ1n) is 5.34. The van der Waals surface area contributed by atoms with E-state index in [0.29, 0.717) is 24.2 Å². The van der Waals surface area contributed by atoms with Gasteiger partial charge in [-0.1, -0.05) is 0 Å². The Labute approximate surface area is 95.4 Å². The summed E-state index contributed by atoms with van der Waals surface area (Å²) in [6.45, 7) is 5.54. The molecule has 16 heavy (non-hydrogen) atoms. The highest BCUT2D eigenvalue weighted by Crippen LogP contribution is 2.52. The lowest BCUT2D eigenvalue weighted by Gasteiger charge is -2.17. The zero-order valence-electron chi connectivity index (χ0n) is 9.82. The fourth-order valence-electron chi connectivity index (χ4n) is 1.41. The van der Waals surface area contributed by atoms with Gasteiger partial charge >= 0.3 is 7.82 Å². The zero-order valence-corrected chi connectivity index (χ0v) is 10.7. The second-order valence-corrected chi connectivity index (χ2v) is 4.94. The maximum atomic E-state index is 12.0. The Morgan fingerprint density at radius 3 is 2.12 bits per heavy atom. The third-order valence-corrected chi connectivity index (χ3v) is 3.80. The molecular weight excluding hydrogens is 231 g/mol. The first kappa shape index (κ1) is 13.4. The van der Waals surface area contributed by atoms with Crippen LogP contribution >= 0.6 is 7.82 Å². The Morgan fingerprint density at radius 1 is 1.19 bits per heavy atom. The van der Waals surface area contributed by atoms with E-state index in [9.17, 15) is 9.36 Å². The quantitative estimate of drug-likeness (QED) is 0.676. The molecule has 0 radical (unpaired) electrons. The van der Waals surface area contributed by atoms with Crippen molar-refractivity contribution in [1.29, 1.82) is 0 Å². The highest BCUT2D eigenvalue weighted by Gasteiger charge is 2.32. The first-order valence-corrected chi connectivity index (χ1v) is 6.80. The van der Waals surface area contributed by atoms with E-state index in [4.69, 9.17) is 13.6 Å². The number of Topliss-reactive ketones (excluding diaryl/α,β-unsaturated/α-hetero) is 1. The molecule has 1 rings (SSSR count). The minimum Gasteiger partial charge on any atom is -0.408 e. The van der Waals surface area contributed by atoms with Gasteiger partial charge < -0.3 is 4.52 Å². The Kier molecular flexibility index (Phi) is 4.71. The monoisotopic (exact) mass is 248 g/mol. The molecule has 0 aromatic heterocycles. The number of rotatable bonds is 6. The van der Waals surface area contributed by atoms with Gasteiger partial charge in [0.2, 0.25) is 0 Å². The smallest absolute Gasteiger partial charge is 0.408 e. The summed E-state index contributed by atoms with van der Waals surface area (Å²) >= 11 is 0. The maximum absolute atomic E-state index is 12.0. The van der Waals surface area contributed by atoms with Gasteiger partial charge in [-0.15, -0.1) is 0 Å². The summed E-state index contributed by atoms with van der Waals surface area (Å²) in [6, 6.07) is 0. The van der Waals surface area contributed by atoms with Gasteiger partial charge in [0.1, 0.15) is 5.76 Å². The minimum atomic E-state index is -3.54. The lowest BCUT2D eigenvalue weighted by Crippen LogP contribution is -2.00. The number of phosphoric acid groups is 1. The zero-order chi connectivity index (χ0) is 12.2. The van der Waals surface area contributed by atoms with Crippen molar-refractivity contribution in [2.24, 2.45) is 0 Å². The molecule has 0 aromatic rings. The molecule has 0 saturated carbocycles.